The molecule has 0 saturated carbocycles. The van der Waals surface area contributed by atoms with Gasteiger partial charge in [-0.05, 0) is 6.42 Å². The molecule has 1 unspecified atom stereocenters. The Morgan fingerprint density at radius 1 is 1.11 bits per heavy atom. The minimum Gasteiger partial charge on any atom is -0.468 e. The number of rotatable bonds is 8. The highest BCUT2D eigenvalue weighted by Crippen LogP contribution is 2.18. The summed E-state index contributed by atoms with van der Waals surface area (Å²) in [6.07, 6.45) is 4.77. The fraction of sp³-hybridized carbons (Fsp3) is 0.500. The maximum absolute atomic E-state index is 12.3. The summed E-state index contributed by atoms with van der Waals surface area (Å²) in [4.78, 5) is 24.1. The van der Waals surface area contributed by atoms with Crippen LogP contribution in [0.5, 0.6) is 0 Å². The first-order chi connectivity index (χ1) is 9.20. The van der Waals surface area contributed by atoms with Crippen LogP contribution >= 0.6 is 0 Å². The average molecular weight is 262 g/mol. The molecule has 0 spiro atoms. The second kappa shape index (κ2) is 8.46. The Labute approximate surface area is 115 Å². The van der Waals surface area contributed by atoms with Gasteiger partial charge in [-0.25, -0.2) is 0 Å². The van der Waals surface area contributed by atoms with Gasteiger partial charge in [-0.2, -0.15) is 0 Å². The van der Waals surface area contributed by atoms with Gasteiger partial charge in [0.15, 0.2) is 5.78 Å². The molecule has 0 aliphatic carbocycles. The number of ketones is 1. The third-order valence-corrected chi connectivity index (χ3v) is 3.21. The van der Waals surface area contributed by atoms with Crippen molar-refractivity contribution in [1.29, 1.82) is 0 Å². The minimum absolute atomic E-state index is 0.135. The fourth-order valence-electron chi connectivity index (χ4n) is 2.08. The van der Waals surface area contributed by atoms with Gasteiger partial charge in [0.1, 0.15) is 5.92 Å². The lowest BCUT2D eigenvalue weighted by Gasteiger charge is -2.13. The van der Waals surface area contributed by atoms with Crippen LogP contribution in [0.25, 0.3) is 0 Å². The topological polar surface area (TPSA) is 43.4 Å². The summed E-state index contributed by atoms with van der Waals surface area (Å²) in [5.41, 5.74) is 0.577. The molecule has 0 saturated heterocycles. The first-order valence-corrected chi connectivity index (χ1v) is 6.87. The Hall–Kier alpha value is -1.64. The normalized spacial score (nSPS) is 11.9. The van der Waals surface area contributed by atoms with Gasteiger partial charge in [0.05, 0.1) is 7.11 Å². The average Bonchev–Trinajstić information content (AvgIpc) is 2.47. The van der Waals surface area contributed by atoms with Crippen LogP contribution < -0.4 is 0 Å². The van der Waals surface area contributed by atoms with Crippen LogP contribution in [-0.2, 0) is 9.53 Å². The molecule has 1 rings (SSSR count). The second-order valence-corrected chi connectivity index (χ2v) is 4.66. The number of methoxy groups -OCH3 is 1. The Kier molecular flexibility index (Phi) is 6.86. The van der Waals surface area contributed by atoms with Crippen LogP contribution in [0.1, 0.15) is 49.4 Å². The van der Waals surface area contributed by atoms with Gasteiger partial charge in [-0.15, -0.1) is 0 Å². The van der Waals surface area contributed by atoms with Crippen molar-refractivity contribution in [3.63, 3.8) is 0 Å². The molecule has 1 aromatic carbocycles. The summed E-state index contributed by atoms with van der Waals surface area (Å²) in [7, 11) is 1.33. The third kappa shape index (κ3) is 4.86. The van der Waals surface area contributed by atoms with Crippen molar-refractivity contribution in [3.8, 4) is 0 Å². The number of hydrogen-bond donors (Lipinski definition) is 0. The summed E-state index contributed by atoms with van der Waals surface area (Å²) in [5.74, 6) is -1.22. The molecule has 1 aromatic rings. The molecule has 3 nitrogen and oxygen atoms in total. The molecule has 0 aromatic heterocycles. The number of Topliss-reactive ketones (excluding diaryl/α,β-unsaturated/α-hetero) is 1. The van der Waals surface area contributed by atoms with Crippen LogP contribution in [-0.4, -0.2) is 18.9 Å². The Morgan fingerprint density at radius 3 is 2.37 bits per heavy atom. The monoisotopic (exact) mass is 262 g/mol. The van der Waals surface area contributed by atoms with Gasteiger partial charge in [-0.3, -0.25) is 9.59 Å². The lowest BCUT2D eigenvalue weighted by molar-refractivity contribution is -0.143. The summed E-state index contributed by atoms with van der Waals surface area (Å²) in [5, 5.41) is 0. The molecule has 0 aliphatic rings. The van der Waals surface area contributed by atoms with Crippen molar-refractivity contribution < 1.29 is 14.3 Å². The van der Waals surface area contributed by atoms with Crippen LogP contribution in [0.15, 0.2) is 30.3 Å². The molecule has 0 heterocycles. The zero-order chi connectivity index (χ0) is 14.1. The van der Waals surface area contributed by atoms with Gasteiger partial charge in [0.2, 0.25) is 0 Å². The molecular weight excluding hydrogens is 240 g/mol. The Bertz CT molecular complexity index is 398. The van der Waals surface area contributed by atoms with Crippen molar-refractivity contribution in [3.05, 3.63) is 35.9 Å². The maximum atomic E-state index is 12.3. The number of carbonyl (C=O) groups excluding carboxylic acids is 2. The largest absolute Gasteiger partial charge is 0.468 e. The zero-order valence-electron chi connectivity index (χ0n) is 11.7. The van der Waals surface area contributed by atoms with E-state index < -0.39 is 11.9 Å². The molecule has 0 aliphatic heterocycles. The van der Waals surface area contributed by atoms with Crippen LogP contribution in [0.4, 0.5) is 0 Å². The number of benzene rings is 1. The van der Waals surface area contributed by atoms with Gasteiger partial charge < -0.3 is 4.74 Å². The molecule has 1 atom stereocenters. The highest BCUT2D eigenvalue weighted by molar-refractivity contribution is 6.08. The first-order valence-electron chi connectivity index (χ1n) is 6.87. The van der Waals surface area contributed by atoms with E-state index in [2.05, 4.69) is 6.92 Å². The second-order valence-electron chi connectivity index (χ2n) is 4.66. The molecule has 104 valence electrons. The van der Waals surface area contributed by atoms with Crippen LogP contribution in [0.3, 0.4) is 0 Å². The van der Waals surface area contributed by atoms with Crippen molar-refractivity contribution in [2.24, 2.45) is 5.92 Å². The van der Waals surface area contributed by atoms with E-state index in [1.807, 2.05) is 6.07 Å². The molecule has 0 radical (unpaired) electrons. The predicted molar refractivity (Wildman–Crippen MR) is 75.0 cm³/mol. The van der Waals surface area contributed by atoms with Gasteiger partial charge in [-0.1, -0.05) is 62.9 Å². The number of unbranched alkanes of at least 4 members (excludes halogenated alkanes) is 3. The van der Waals surface area contributed by atoms with E-state index in [0.717, 1.165) is 25.7 Å². The standard InChI is InChI=1S/C16H22O3/c1-3-4-5-9-12-14(16(18)19-2)15(17)13-10-7-6-8-11-13/h6-8,10-11,14H,3-5,9,12H2,1-2H3. The van der Waals surface area contributed by atoms with Gasteiger partial charge in [0, 0.05) is 5.56 Å². The van der Waals surface area contributed by atoms with E-state index in [9.17, 15) is 9.59 Å². The van der Waals surface area contributed by atoms with E-state index in [1.165, 1.54) is 7.11 Å². The minimum atomic E-state index is -0.663. The van der Waals surface area contributed by atoms with Crippen molar-refractivity contribution in [2.75, 3.05) is 7.11 Å². The summed E-state index contributed by atoms with van der Waals surface area (Å²) in [6, 6.07) is 8.94. The molecule has 0 bridgehead atoms. The number of carbonyl (C=O) groups is 2. The maximum Gasteiger partial charge on any atom is 0.316 e. The molecule has 0 fully saturated rings. The molecule has 19 heavy (non-hydrogen) atoms. The summed E-state index contributed by atoms with van der Waals surface area (Å²) >= 11 is 0. The molecule has 0 N–H and O–H groups in total. The number of ether oxygens (including phenoxy) is 1. The molecular formula is C16H22O3. The lowest BCUT2D eigenvalue weighted by Crippen LogP contribution is -2.25. The lowest BCUT2D eigenvalue weighted by atomic mass is 9.92. The third-order valence-electron chi connectivity index (χ3n) is 3.21. The Morgan fingerprint density at radius 2 is 1.79 bits per heavy atom. The first kappa shape index (κ1) is 15.4. The highest BCUT2D eigenvalue weighted by atomic mass is 16.5. The smallest absolute Gasteiger partial charge is 0.316 e. The van der Waals surface area contributed by atoms with E-state index >= 15 is 0 Å². The summed E-state index contributed by atoms with van der Waals surface area (Å²) in [6.45, 7) is 2.13. The van der Waals surface area contributed by atoms with Crippen molar-refractivity contribution >= 4 is 11.8 Å². The molecule has 0 amide bonds. The van der Waals surface area contributed by atoms with E-state index in [1.54, 1.807) is 24.3 Å². The van der Waals surface area contributed by atoms with Crippen molar-refractivity contribution in [1.82, 2.24) is 0 Å². The van der Waals surface area contributed by atoms with Crippen LogP contribution in [0.2, 0.25) is 0 Å². The molecule has 3 heteroatoms. The number of hydrogen-bond acceptors (Lipinski definition) is 3. The fourth-order valence-corrected chi connectivity index (χ4v) is 2.08. The van der Waals surface area contributed by atoms with E-state index in [0.29, 0.717) is 12.0 Å². The SMILES string of the molecule is CCCCCCC(C(=O)OC)C(=O)c1ccccc1. The van der Waals surface area contributed by atoms with Gasteiger partial charge >= 0.3 is 5.97 Å². The van der Waals surface area contributed by atoms with E-state index in [4.69, 9.17) is 4.74 Å². The van der Waals surface area contributed by atoms with E-state index in [-0.39, 0.29) is 5.78 Å². The quantitative estimate of drug-likeness (QED) is 0.311. The van der Waals surface area contributed by atoms with Crippen LogP contribution in [0, 0.1) is 5.92 Å². The zero-order valence-corrected chi connectivity index (χ0v) is 11.7. The predicted octanol–water partition coefficient (Wildman–Crippen LogP) is 3.63. The van der Waals surface area contributed by atoms with Crippen molar-refractivity contribution in [2.45, 2.75) is 39.0 Å². The van der Waals surface area contributed by atoms with Gasteiger partial charge in [0.25, 0.3) is 0 Å². The number of esters is 1. The highest BCUT2D eigenvalue weighted by Gasteiger charge is 2.27. The summed E-state index contributed by atoms with van der Waals surface area (Å²) < 4.78 is 4.75. The Balaban J connectivity index is 2.68.